The Bertz CT molecular complexity index is 665. The van der Waals surface area contributed by atoms with Gasteiger partial charge >= 0.3 is 0 Å². The average molecular weight is 298 g/mol. The summed E-state index contributed by atoms with van der Waals surface area (Å²) in [7, 11) is -3.00. The van der Waals surface area contributed by atoms with Gasteiger partial charge in [-0.05, 0) is 20.3 Å². The Balaban J connectivity index is 2.04. The largest absolute Gasteiger partial charge is 0.351 e. The normalized spacial score (nSPS) is 20.8. The van der Waals surface area contributed by atoms with E-state index in [2.05, 4.69) is 5.32 Å². The highest BCUT2D eigenvalue weighted by molar-refractivity contribution is 7.91. The highest BCUT2D eigenvalue weighted by atomic mass is 32.2. The minimum Gasteiger partial charge on any atom is -0.351 e. The van der Waals surface area contributed by atoms with Gasteiger partial charge in [-0.25, -0.2) is 8.42 Å². The Morgan fingerprint density at radius 1 is 1.35 bits per heavy atom. The number of sulfone groups is 1. The lowest BCUT2D eigenvalue weighted by Gasteiger charge is -2.16. The number of rotatable bonds is 3. The second kappa shape index (κ2) is 5.40. The van der Waals surface area contributed by atoms with Crippen LogP contribution in [0.3, 0.4) is 0 Å². The first-order chi connectivity index (χ1) is 9.27. The van der Waals surface area contributed by atoms with E-state index in [4.69, 9.17) is 0 Å². The highest BCUT2D eigenvalue weighted by Crippen LogP contribution is 2.11. The minimum atomic E-state index is -3.00. The summed E-state index contributed by atoms with van der Waals surface area (Å²) < 4.78 is 24.4. The van der Waals surface area contributed by atoms with Gasteiger partial charge in [-0.1, -0.05) is 0 Å². The molecule has 0 aliphatic carbocycles. The van der Waals surface area contributed by atoms with Gasteiger partial charge in [0.2, 0.25) is 5.91 Å². The second-order valence-electron chi connectivity index (χ2n) is 5.23. The molecule has 1 unspecified atom stereocenters. The third kappa shape index (κ3) is 3.47. The van der Waals surface area contributed by atoms with Crippen LogP contribution in [0.2, 0.25) is 0 Å². The van der Waals surface area contributed by atoms with Gasteiger partial charge in [0.15, 0.2) is 15.3 Å². The number of amides is 1. The summed E-state index contributed by atoms with van der Waals surface area (Å²) in [4.78, 5) is 23.3. The first kappa shape index (κ1) is 14.8. The van der Waals surface area contributed by atoms with Crippen molar-refractivity contribution in [2.45, 2.75) is 32.9 Å². The smallest absolute Gasteiger partial charge is 0.240 e. The third-order valence-corrected chi connectivity index (χ3v) is 5.22. The summed E-state index contributed by atoms with van der Waals surface area (Å²) in [6.07, 6.45) is 0.468. The minimum absolute atomic E-state index is 0.0148. The monoisotopic (exact) mass is 298 g/mol. The fourth-order valence-electron chi connectivity index (χ4n) is 2.46. The number of nitrogens with zero attached hydrogens (tertiary/aromatic N) is 1. The van der Waals surface area contributed by atoms with E-state index >= 15 is 0 Å². The van der Waals surface area contributed by atoms with Crippen molar-refractivity contribution in [3.8, 4) is 0 Å². The van der Waals surface area contributed by atoms with Crippen LogP contribution in [0.25, 0.3) is 0 Å². The lowest BCUT2D eigenvalue weighted by Crippen LogP contribution is -2.38. The van der Waals surface area contributed by atoms with Gasteiger partial charge in [-0.2, -0.15) is 0 Å². The molecule has 0 bridgehead atoms. The maximum Gasteiger partial charge on any atom is 0.240 e. The molecule has 0 saturated carbocycles. The molecule has 1 amide bonds. The SMILES string of the molecule is Cc1cc(=O)cc(C)n1CC(=O)NC1CCS(=O)(=O)C1. The molecule has 1 aliphatic rings. The molecule has 2 heterocycles. The number of pyridine rings is 1. The van der Waals surface area contributed by atoms with Crippen LogP contribution in [0, 0.1) is 13.8 Å². The molecule has 1 N–H and O–H groups in total. The Kier molecular flexibility index (Phi) is 3.99. The van der Waals surface area contributed by atoms with Crippen LogP contribution in [0.4, 0.5) is 0 Å². The number of carbonyl (C=O) groups excluding carboxylic acids is 1. The van der Waals surface area contributed by atoms with Crippen LogP contribution in [0.5, 0.6) is 0 Å². The first-order valence-electron chi connectivity index (χ1n) is 6.45. The molecular weight excluding hydrogens is 280 g/mol. The zero-order chi connectivity index (χ0) is 14.9. The molecule has 1 fully saturated rings. The van der Waals surface area contributed by atoms with E-state index in [-0.39, 0.29) is 35.4 Å². The van der Waals surface area contributed by atoms with E-state index < -0.39 is 9.84 Å². The lowest BCUT2D eigenvalue weighted by molar-refractivity contribution is -0.122. The molecular formula is C13H18N2O4S. The summed E-state index contributed by atoms with van der Waals surface area (Å²) in [6, 6.07) is 2.65. The lowest BCUT2D eigenvalue weighted by atomic mass is 10.2. The summed E-state index contributed by atoms with van der Waals surface area (Å²) in [5.41, 5.74) is 1.34. The summed E-state index contributed by atoms with van der Waals surface area (Å²) in [6.45, 7) is 3.62. The Hall–Kier alpha value is -1.63. The third-order valence-electron chi connectivity index (χ3n) is 3.45. The quantitative estimate of drug-likeness (QED) is 0.835. The second-order valence-corrected chi connectivity index (χ2v) is 7.46. The predicted molar refractivity (Wildman–Crippen MR) is 75.4 cm³/mol. The van der Waals surface area contributed by atoms with Gasteiger partial charge in [-0.3, -0.25) is 9.59 Å². The van der Waals surface area contributed by atoms with Crippen molar-refractivity contribution >= 4 is 15.7 Å². The van der Waals surface area contributed by atoms with Gasteiger partial charge in [0.05, 0.1) is 11.5 Å². The molecule has 1 saturated heterocycles. The zero-order valence-electron chi connectivity index (χ0n) is 11.5. The van der Waals surface area contributed by atoms with E-state index in [0.29, 0.717) is 17.8 Å². The molecule has 1 aliphatic heterocycles. The number of carbonyl (C=O) groups is 1. The molecule has 1 atom stereocenters. The maximum absolute atomic E-state index is 12.0. The summed E-state index contributed by atoms with van der Waals surface area (Å²) in [5, 5.41) is 2.73. The van der Waals surface area contributed by atoms with E-state index in [1.807, 2.05) is 0 Å². The molecule has 1 aromatic heterocycles. The van der Waals surface area contributed by atoms with Crippen LogP contribution in [-0.4, -0.2) is 36.4 Å². The summed E-state index contributed by atoms with van der Waals surface area (Å²) in [5.74, 6) is -0.0866. The van der Waals surface area contributed by atoms with Gasteiger partial charge in [0.25, 0.3) is 0 Å². The first-order valence-corrected chi connectivity index (χ1v) is 8.27. The fraction of sp³-hybridized carbons (Fsp3) is 0.538. The number of aryl methyl sites for hydroxylation is 2. The number of hydrogen-bond acceptors (Lipinski definition) is 4. The van der Waals surface area contributed by atoms with Crippen LogP contribution in [-0.2, 0) is 21.2 Å². The van der Waals surface area contributed by atoms with Crippen molar-refractivity contribution in [1.29, 1.82) is 0 Å². The Morgan fingerprint density at radius 3 is 2.45 bits per heavy atom. The standard InChI is InChI=1S/C13H18N2O4S/c1-9-5-12(16)6-10(2)15(9)7-13(17)14-11-3-4-20(18,19)8-11/h5-6,11H,3-4,7-8H2,1-2H3,(H,14,17). The van der Waals surface area contributed by atoms with Crippen molar-refractivity contribution in [2.75, 3.05) is 11.5 Å². The van der Waals surface area contributed by atoms with Gasteiger partial charge < -0.3 is 9.88 Å². The zero-order valence-corrected chi connectivity index (χ0v) is 12.4. The maximum atomic E-state index is 12.0. The van der Waals surface area contributed by atoms with E-state index in [1.165, 1.54) is 12.1 Å². The highest BCUT2D eigenvalue weighted by Gasteiger charge is 2.28. The number of hydrogen-bond donors (Lipinski definition) is 1. The topological polar surface area (TPSA) is 85.2 Å². The van der Waals surface area contributed by atoms with Crippen molar-refractivity contribution in [3.05, 3.63) is 33.7 Å². The van der Waals surface area contributed by atoms with Gasteiger partial charge in [0, 0.05) is 29.6 Å². The molecule has 0 spiro atoms. The van der Waals surface area contributed by atoms with Crippen molar-refractivity contribution < 1.29 is 13.2 Å². The molecule has 110 valence electrons. The molecule has 1 aromatic rings. The Morgan fingerprint density at radius 2 is 1.95 bits per heavy atom. The molecule has 2 rings (SSSR count). The average Bonchev–Trinajstić information content (AvgIpc) is 2.63. The van der Waals surface area contributed by atoms with E-state index in [9.17, 15) is 18.0 Å². The molecule has 0 radical (unpaired) electrons. The Labute approximate surface area is 117 Å². The van der Waals surface area contributed by atoms with Crippen LogP contribution in [0.1, 0.15) is 17.8 Å². The van der Waals surface area contributed by atoms with Crippen molar-refractivity contribution in [3.63, 3.8) is 0 Å². The van der Waals surface area contributed by atoms with E-state index in [1.54, 1.807) is 18.4 Å². The predicted octanol–water partition coefficient (Wildman–Crippen LogP) is -0.232. The fourth-order valence-corrected chi connectivity index (χ4v) is 4.14. The van der Waals surface area contributed by atoms with Crippen molar-refractivity contribution in [2.24, 2.45) is 0 Å². The number of aromatic nitrogens is 1. The van der Waals surface area contributed by atoms with Crippen molar-refractivity contribution in [1.82, 2.24) is 9.88 Å². The van der Waals surface area contributed by atoms with Crippen LogP contribution in [0.15, 0.2) is 16.9 Å². The molecule has 7 heteroatoms. The van der Waals surface area contributed by atoms with E-state index in [0.717, 1.165) is 0 Å². The van der Waals surface area contributed by atoms with Crippen LogP contribution < -0.4 is 10.7 Å². The molecule has 0 aromatic carbocycles. The molecule has 6 nitrogen and oxygen atoms in total. The van der Waals surface area contributed by atoms with Gasteiger partial charge in [-0.15, -0.1) is 0 Å². The number of nitrogens with one attached hydrogen (secondary N) is 1. The summed E-state index contributed by atoms with van der Waals surface area (Å²) >= 11 is 0. The van der Waals surface area contributed by atoms with Gasteiger partial charge in [0.1, 0.15) is 6.54 Å². The molecule has 20 heavy (non-hydrogen) atoms. The van der Waals surface area contributed by atoms with Crippen LogP contribution >= 0.6 is 0 Å².